The zero-order valence-electron chi connectivity index (χ0n) is 50.6. The number of aliphatic hydroxyl groups excluding tert-OH is 5. The second-order valence-corrected chi connectivity index (χ2v) is 30.2. The van der Waals surface area contributed by atoms with Gasteiger partial charge in [-0.3, -0.25) is 0 Å². The molecule has 0 aromatic rings. The molecule has 22 heteroatoms. The number of aldehydes is 1. The Hall–Kier alpha value is -3.67. The molecular weight excluding hydrogens is 1140 g/mol. The van der Waals surface area contributed by atoms with E-state index in [0.717, 1.165) is 78.2 Å². The number of ether oxygens (including phenoxy) is 12. The van der Waals surface area contributed by atoms with Crippen molar-refractivity contribution in [2.75, 3.05) is 26.4 Å². The number of terminal acetylenes is 2. The minimum absolute atomic E-state index is 0. The summed E-state index contributed by atoms with van der Waals surface area (Å²) in [6, 6.07) is 0. The van der Waals surface area contributed by atoms with Crippen LogP contribution in [-0.4, -0.2) is 206 Å². The first-order valence-corrected chi connectivity index (χ1v) is 31.7. The van der Waals surface area contributed by atoms with Crippen molar-refractivity contribution in [2.24, 2.45) is 51.8 Å². The number of fused-ring (bicyclic) bond motifs is 12. The predicted octanol–water partition coefficient (Wildman–Crippen LogP) is -1.72. The Morgan fingerprint density at radius 2 is 0.909 bits per heavy atom. The van der Waals surface area contributed by atoms with E-state index in [1.54, 1.807) is 6.92 Å². The molecule has 0 radical (unpaired) electrons. The second kappa shape index (κ2) is 17.2. The van der Waals surface area contributed by atoms with Gasteiger partial charge in [0.2, 0.25) is 0 Å². The smallest absolute Gasteiger partial charge is 0.458 e. The molecule has 21 aliphatic rings. The summed E-state index contributed by atoms with van der Waals surface area (Å²) in [7, 11) is 0. The van der Waals surface area contributed by atoms with Crippen LogP contribution in [0.3, 0.4) is 0 Å². The topological polar surface area (TPSA) is 310 Å². The van der Waals surface area contributed by atoms with Crippen LogP contribution in [0, 0.1) is 83.4 Å². The number of cyclic esters (lactones) is 3. The van der Waals surface area contributed by atoms with Crippen molar-refractivity contribution in [3.8, 4) is 24.7 Å². The van der Waals surface area contributed by atoms with Crippen molar-refractivity contribution in [1.29, 1.82) is 0 Å². The Morgan fingerprint density at radius 1 is 0.568 bits per heavy atom. The van der Waals surface area contributed by atoms with Crippen LogP contribution in [-0.2, 0) is 76.0 Å². The van der Waals surface area contributed by atoms with E-state index < -0.39 is 80.7 Å². The Bertz CT molecular complexity index is 3460. The summed E-state index contributed by atoms with van der Waals surface area (Å²) in [6.45, 7) is 16.4. The standard InChI is InChI=1S/C23H26O7.C20H24O7.C20H22O7.C3H3.Li/c1-4-5-14(24)10(2)21-16(29-21)17-23(30-17)20(3)7-6-11-12(9-27-18(11)25)13(20)8-15-22(23,28-15)19(21)26;2*1-8(6-21)18-13(26-18)14-20(27-14)17(2)4-3-9-10(7-24-15(9)22)11(17)5-12-19(20,25-12)16(18)23;1-3-2;/h1,10,13-17,19,24,26H,5-9H2,2-3H3;8,11-14,16,21,23H,3-7H2,1-2H3;6,8,11-14,16,23H,3-5,7H2,1-2H3;1H,2H2;/q;;;-1;+1/t10?,13-,14?,15-,16-,17-,19+,20-,21-,22+,23+;2*8?,11-,12-,13-,14-,16+,17-,18-,19+,20+;;/m000../s1. The number of aliphatic hydroxyl groups is 5. The third-order valence-corrected chi connectivity index (χ3v) is 28.2. The monoisotopic (exact) mass is 1210 g/mol. The molecule has 0 bridgehead atoms. The fourth-order valence-electron chi connectivity index (χ4n) is 23.5. The number of carbonyl (C=O) groups is 4. The SMILES string of the molecule is C#CCC(O)C(C)[C@]12O[C@H]1[C@@H]1O[C@]13[C@]1(O[C@H]1C[C@H]1C4=C(CC[C@@]13C)C(=O)OC4)[C@@H]2O.C#C[CH2-].CC(C=O)[C@]12O[C@H]1[C@@H]1O[C@]13[C@]1(O[C@H]1C[C@H]1C4=C(CC[C@@]13C)C(=O)OC4)[C@@H]2O.CC(CO)[C@]12O[C@H]1[C@@H]1O[C@]13[C@]1(O[C@H]1C[C@H]1C4=C(CC[C@@]13C)C(=O)OC4)[C@@H]2O.[Li+]. The van der Waals surface area contributed by atoms with Gasteiger partial charge in [0, 0.05) is 63.7 Å². The summed E-state index contributed by atoms with van der Waals surface area (Å²) in [6.07, 6.45) is 12.7. The Balaban J connectivity index is 0.0000000997. The first-order valence-electron chi connectivity index (χ1n) is 31.7. The van der Waals surface area contributed by atoms with Gasteiger partial charge < -0.3 is 99.5 Å². The van der Waals surface area contributed by atoms with Crippen molar-refractivity contribution >= 4 is 24.2 Å². The Morgan fingerprint density at radius 3 is 1.28 bits per heavy atom. The van der Waals surface area contributed by atoms with Crippen LogP contribution in [0.5, 0.6) is 0 Å². The van der Waals surface area contributed by atoms with Gasteiger partial charge in [0.15, 0.2) is 16.8 Å². The van der Waals surface area contributed by atoms with E-state index in [1.807, 2.05) is 19.8 Å². The van der Waals surface area contributed by atoms with E-state index >= 15 is 0 Å². The molecule has 9 aliphatic carbocycles. The van der Waals surface area contributed by atoms with Gasteiger partial charge in [0.05, 0.1) is 24.4 Å². The zero-order chi connectivity index (χ0) is 60.7. The van der Waals surface area contributed by atoms with Gasteiger partial charge in [0.1, 0.15) is 115 Å². The third-order valence-electron chi connectivity index (χ3n) is 28.2. The molecular formula is C66H75LiO21. The summed E-state index contributed by atoms with van der Waals surface area (Å²) < 4.78 is 72.6. The van der Waals surface area contributed by atoms with Crippen molar-refractivity contribution < 1.29 is 120 Å². The molecule has 31 atom stereocenters. The summed E-state index contributed by atoms with van der Waals surface area (Å²) in [4.78, 5) is 47.8. The average Bonchev–Trinajstić information content (AvgIpc) is 1.44. The molecule has 0 aromatic carbocycles. The van der Waals surface area contributed by atoms with E-state index in [1.165, 1.54) is 0 Å². The number of rotatable bonds is 7. The fourth-order valence-corrected chi connectivity index (χ4v) is 23.5. The molecule has 88 heavy (non-hydrogen) atoms. The molecule has 12 aliphatic heterocycles. The van der Waals surface area contributed by atoms with Crippen molar-refractivity contribution in [1.82, 2.24) is 0 Å². The van der Waals surface area contributed by atoms with Gasteiger partial charge in [0.25, 0.3) is 0 Å². The van der Waals surface area contributed by atoms with Gasteiger partial charge in [-0.05, 0) is 92.3 Å². The molecule has 6 saturated carbocycles. The maximum Gasteiger partial charge on any atom is 1.00 e. The molecule has 9 saturated heterocycles. The molecule has 4 unspecified atom stereocenters. The van der Waals surface area contributed by atoms with Crippen LogP contribution in [0.15, 0.2) is 33.4 Å². The normalized spacial score (nSPS) is 58.0. The van der Waals surface area contributed by atoms with Crippen LogP contribution in [0.1, 0.15) is 106 Å². The van der Waals surface area contributed by atoms with Crippen LogP contribution < -0.4 is 18.9 Å². The maximum atomic E-state index is 12.2. The van der Waals surface area contributed by atoms with Gasteiger partial charge in [-0.25, -0.2) is 14.4 Å². The molecule has 466 valence electrons. The quantitative estimate of drug-likeness (QED) is 0.0360. The van der Waals surface area contributed by atoms with E-state index in [2.05, 4.69) is 40.0 Å². The Kier molecular flexibility index (Phi) is 11.4. The van der Waals surface area contributed by atoms with Crippen molar-refractivity contribution in [3.63, 3.8) is 0 Å². The minimum atomic E-state index is -0.893. The van der Waals surface area contributed by atoms with E-state index in [0.29, 0.717) is 39.1 Å². The zero-order valence-corrected chi connectivity index (χ0v) is 50.6. The second-order valence-electron chi connectivity index (χ2n) is 30.2. The van der Waals surface area contributed by atoms with Crippen LogP contribution >= 0.6 is 0 Å². The molecule has 0 amide bonds. The van der Waals surface area contributed by atoms with E-state index in [4.69, 9.17) is 63.3 Å². The first-order chi connectivity index (χ1) is 41.5. The summed E-state index contributed by atoms with van der Waals surface area (Å²) in [5.74, 6) is 3.52. The Labute approximate surface area is 521 Å². The van der Waals surface area contributed by atoms with Gasteiger partial charge in [-0.1, -0.05) is 41.5 Å². The predicted molar refractivity (Wildman–Crippen MR) is 291 cm³/mol. The van der Waals surface area contributed by atoms with Gasteiger partial charge in [-0.2, -0.15) is 6.92 Å². The maximum absolute atomic E-state index is 12.2. The summed E-state index contributed by atoms with van der Waals surface area (Å²) >= 11 is 0. The number of hydrogen-bond acceptors (Lipinski definition) is 21. The number of epoxide rings is 9. The first kappa shape index (κ1) is 58.2. The van der Waals surface area contributed by atoms with Crippen LogP contribution in [0.4, 0.5) is 0 Å². The van der Waals surface area contributed by atoms with Crippen LogP contribution in [0.25, 0.3) is 0 Å². The molecule has 21 rings (SSSR count). The minimum Gasteiger partial charge on any atom is -0.458 e. The van der Waals surface area contributed by atoms with E-state index in [9.17, 15) is 44.7 Å². The summed E-state index contributed by atoms with van der Waals surface area (Å²) in [5, 5.41) is 54.9. The summed E-state index contributed by atoms with van der Waals surface area (Å²) in [5.41, 5.74) is -1.60. The third kappa shape index (κ3) is 5.77. The number of esters is 3. The molecule has 12 heterocycles. The van der Waals surface area contributed by atoms with Crippen LogP contribution in [0.2, 0.25) is 0 Å². The molecule has 5 N–H and O–H groups in total. The van der Waals surface area contributed by atoms with Crippen molar-refractivity contribution in [2.45, 2.75) is 236 Å². The molecule has 15 fully saturated rings. The molecule has 6 spiro atoms. The molecule has 21 nitrogen and oxygen atoms in total. The average molecular weight is 1210 g/mol. The van der Waals surface area contributed by atoms with Crippen molar-refractivity contribution in [3.05, 3.63) is 40.4 Å². The van der Waals surface area contributed by atoms with Gasteiger partial charge >= 0.3 is 36.8 Å². The molecule has 0 aromatic heterocycles. The van der Waals surface area contributed by atoms with E-state index in [-0.39, 0.29) is 151 Å². The largest absolute Gasteiger partial charge is 1.00 e. The number of hydrogen-bond donors (Lipinski definition) is 5. The fraction of sp³-hybridized carbons (Fsp3) is 0.773. The number of carbonyl (C=O) groups excluding carboxylic acids is 4. The van der Waals surface area contributed by atoms with Gasteiger partial charge in [-0.15, -0.1) is 12.3 Å².